The van der Waals surface area contributed by atoms with Gasteiger partial charge < -0.3 is 14.7 Å². The lowest BCUT2D eigenvalue weighted by Gasteiger charge is -2.35. The Balaban J connectivity index is 0.00000261. The van der Waals surface area contributed by atoms with Crippen molar-refractivity contribution >= 4 is 51.3 Å². The van der Waals surface area contributed by atoms with E-state index in [9.17, 15) is 8.42 Å². The van der Waals surface area contributed by atoms with E-state index in [4.69, 9.17) is 4.52 Å². The molecular weight excluding hydrogens is 503 g/mol. The summed E-state index contributed by atoms with van der Waals surface area (Å²) >= 11 is 1.61. The van der Waals surface area contributed by atoms with Gasteiger partial charge in [0.2, 0.25) is 10.0 Å². The number of rotatable bonds is 5. The molecule has 12 heteroatoms. The monoisotopic (exact) mass is 526 g/mol. The largest absolute Gasteiger partial charge is 0.364 e. The Morgan fingerprint density at radius 2 is 2.11 bits per heavy atom. The summed E-state index contributed by atoms with van der Waals surface area (Å²) in [6, 6.07) is 1.57. The molecule has 3 rings (SSSR count). The molecule has 0 saturated carbocycles. The Bertz CT molecular complexity index is 845. The minimum Gasteiger partial charge on any atom is -0.364 e. The Kier molecular flexibility index (Phi) is 8.00. The minimum atomic E-state index is -3.40. The van der Waals surface area contributed by atoms with Gasteiger partial charge in [-0.15, -0.1) is 35.3 Å². The van der Waals surface area contributed by atoms with Crippen molar-refractivity contribution in [3.63, 3.8) is 0 Å². The molecule has 150 valence electrons. The SMILES string of the molecule is CN=C(NCc1nc(C)cs1)N1CCN(S(=O)(=O)Cc2ccon2)CC1.I. The van der Waals surface area contributed by atoms with Crippen molar-refractivity contribution in [2.24, 2.45) is 4.99 Å². The molecule has 1 fully saturated rings. The molecule has 1 aliphatic heterocycles. The van der Waals surface area contributed by atoms with Gasteiger partial charge in [-0.3, -0.25) is 4.99 Å². The number of nitrogens with one attached hydrogen (secondary N) is 1. The maximum absolute atomic E-state index is 12.5. The average molecular weight is 526 g/mol. The minimum absolute atomic E-state index is 0. The Hall–Kier alpha value is -1.25. The van der Waals surface area contributed by atoms with Gasteiger partial charge in [0.05, 0.1) is 12.2 Å². The van der Waals surface area contributed by atoms with Crippen molar-refractivity contribution in [3.8, 4) is 0 Å². The number of aromatic nitrogens is 2. The summed E-state index contributed by atoms with van der Waals surface area (Å²) in [5.41, 5.74) is 1.43. The molecule has 0 radical (unpaired) electrons. The fraction of sp³-hybridized carbons (Fsp3) is 0.533. The molecule has 0 aliphatic carbocycles. The van der Waals surface area contributed by atoms with Gasteiger partial charge in [0, 0.05) is 50.4 Å². The van der Waals surface area contributed by atoms with E-state index in [1.807, 2.05) is 12.3 Å². The topological polar surface area (TPSA) is 104 Å². The fourth-order valence-corrected chi connectivity index (χ4v) is 4.88. The molecule has 2 aromatic rings. The van der Waals surface area contributed by atoms with Gasteiger partial charge in [0.15, 0.2) is 5.96 Å². The van der Waals surface area contributed by atoms with Crippen molar-refractivity contribution in [2.45, 2.75) is 19.2 Å². The van der Waals surface area contributed by atoms with Crippen LogP contribution in [0.15, 0.2) is 27.2 Å². The van der Waals surface area contributed by atoms with Gasteiger partial charge in [-0.05, 0) is 6.92 Å². The van der Waals surface area contributed by atoms with Crippen molar-refractivity contribution in [2.75, 3.05) is 33.2 Å². The number of piperazine rings is 1. The lowest BCUT2D eigenvalue weighted by molar-refractivity contribution is 0.259. The highest BCUT2D eigenvalue weighted by Crippen LogP contribution is 2.13. The highest BCUT2D eigenvalue weighted by Gasteiger charge is 2.29. The third-order valence-corrected chi connectivity index (χ3v) is 6.81. The highest BCUT2D eigenvalue weighted by molar-refractivity contribution is 14.0. The predicted octanol–water partition coefficient (Wildman–Crippen LogP) is 1.28. The number of nitrogens with zero attached hydrogens (tertiary/aromatic N) is 5. The Morgan fingerprint density at radius 1 is 1.37 bits per heavy atom. The van der Waals surface area contributed by atoms with Crippen LogP contribution in [-0.4, -0.2) is 66.9 Å². The molecule has 0 atom stereocenters. The van der Waals surface area contributed by atoms with Crippen LogP contribution in [0.3, 0.4) is 0 Å². The second kappa shape index (κ2) is 9.80. The second-order valence-corrected chi connectivity index (χ2v) is 8.83. The molecule has 0 unspecified atom stereocenters. The zero-order chi connectivity index (χ0) is 18.6. The van der Waals surface area contributed by atoms with Gasteiger partial charge in [0.25, 0.3) is 0 Å². The van der Waals surface area contributed by atoms with Gasteiger partial charge in [-0.1, -0.05) is 5.16 Å². The molecule has 9 nitrogen and oxygen atoms in total. The van der Waals surface area contributed by atoms with Crippen LogP contribution in [0.5, 0.6) is 0 Å². The number of aliphatic imine (C=N–C) groups is 1. The number of hydrogen-bond donors (Lipinski definition) is 1. The molecule has 1 N–H and O–H groups in total. The van der Waals surface area contributed by atoms with Crippen LogP contribution < -0.4 is 5.32 Å². The number of hydrogen-bond acceptors (Lipinski definition) is 7. The van der Waals surface area contributed by atoms with Crippen LogP contribution in [0, 0.1) is 6.92 Å². The fourth-order valence-electron chi connectivity index (χ4n) is 2.74. The first-order valence-corrected chi connectivity index (χ1v) is 10.7. The van der Waals surface area contributed by atoms with E-state index in [0.29, 0.717) is 38.4 Å². The number of guanidine groups is 1. The maximum Gasteiger partial charge on any atom is 0.220 e. The van der Waals surface area contributed by atoms with Crippen LogP contribution >= 0.6 is 35.3 Å². The zero-order valence-electron chi connectivity index (χ0n) is 15.2. The first kappa shape index (κ1) is 22.0. The van der Waals surface area contributed by atoms with Crippen molar-refractivity contribution in [1.82, 2.24) is 24.7 Å². The molecule has 0 aromatic carbocycles. The standard InChI is InChI=1S/C15H22N6O3S2.HI/c1-12-10-25-14(18-12)9-17-15(16-2)20-4-6-21(7-5-20)26(22,23)11-13-3-8-24-19-13;/h3,8,10H,4-7,9,11H2,1-2H3,(H,16,17);1H. The van der Waals surface area contributed by atoms with E-state index in [2.05, 4.69) is 25.3 Å². The van der Waals surface area contributed by atoms with Crippen LogP contribution in [-0.2, 0) is 22.3 Å². The summed E-state index contributed by atoms with van der Waals surface area (Å²) in [5, 5.41) is 9.98. The number of sulfonamides is 1. The van der Waals surface area contributed by atoms with Gasteiger partial charge in [-0.2, -0.15) is 4.31 Å². The van der Waals surface area contributed by atoms with Gasteiger partial charge >= 0.3 is 0 Å². The zero-order valence-corrected chi connectivity index (χ0v) is 19.1. The molecule has 0 bridgehead atoms. The van der Waals surface area contributed by atoms with Crippen LogP contribution in [0.4, 0.5) is 0 Å². The summed E-state index contributed by atoms with van der Waals surface area (Å²) in [4.78, 5) is 10.8. The molecule has 0 amide bonds. The van der Waals surface area contributed by atoms with Crippen LogP contribution in [0.2, 0.25) is 0 Å². The lowest BCUT2D eigenvalue weighted by atomic mass is 10.4. The predicted molar refractivity (Wildman–Crippen MR) is 115 cm³/mol. The van der Waals surface area contributed by atoms with Crippen LogP contribution in [0.25, 0.3) is 0 Å². The molecule has 2 aromatic heterocycles. The summed E-state index contributed by atoms with van der Waals surface area (Å²) < 4.78 is 31.2. The Morgan fingerprint density at radius 3 is 2.67 bits per heavy atom. The van der Waals surface area contributed by atoms with E-state index in [1.165, 1.54) is 10.6 Å². The van der Waals surface area contributed by atoms with Crippen molar-refractivity contribution < 1.29 is 12.9 Å². The number of halogens is 1. The molecular formula is C15H23IN6O3S2. The van der Waals surface area contributed by atoms with Crippen LogP contribution in [0.1, 0.15) is 16.4 Å². The smallest absolute Gasteiger partial charge is 0.220 e. The lowest BCUT2D eigenvalue weighted by Crippen LogP contribution is -2.53. The number of aryl methyl sites for hydroxylation is 1. The third kappa shape index (κ3) is 5.86. The quantitative estimate of drug-likeness (QED) is 0.356. The van der Waals surface area contributed by atoms with E-state index >= 15 is 0 Å². The van der Waals surface area contributed by atoms with Gasteiger partial charge in [-0.25, -0.2) is 13.4 Å². The molecule has 1 saturated heterocycles. The van der Waals surface area contributed by atoms with E-state index in [0.717, 1.165) is 16.7 Å². The Labute approximate surface area is 179 Å². The summed E-state index contributed by atoms with van der Waals surface area (Å²) in [7, 11) is -1.67. The van der Waals surface area contributed by atoms with E-state index in [-0.39, 0.29) is 29.7 Å². The highest BCUT2D eigenvalue weighted by atomic mass is 127. The van der Waals surface area contributed by atoms with Crippen molar-refractivity contribution in [1.29, 1.82) is 0 Å². The average Bonchev–Trinajstić information content (AvgIpc) is 3.27. The maximum atomic E-state index is 12.5. The van der Waals surface area contributed by atoms with Gasteiger partial charge in [0.1, 0.15) is 17.0 Å². The van der Waals surface area contributed by atoms with E-state index in [1.54, 1.807) is 24.5 Å². The molecule has 0 spiro atoms. The van der Waals surface area contributed by atoms with E-state index < -0.39 is 10.0 Å². The summed E-state index contributed by atoms with van der Waals surface area (Å²) in [6.45, 7) is 4.56. The third-order valence-electron chi connectivity index (χ3n) is 4.03. The summed E-state index contributed by atoms with van der Waals surface area (Å²) in [6.07, 6.45) is 1.38. The van der Waals surface area contributed by atoms with Crippen molar-refractivity contribution in [3.05, 3.63) is 34.1 Å². The molecule has 3 heterocycles. The second-order valence-electron chi connectivity index (χ2n) is 5.92. The molecule has 1 aliphatic rings. The normalized spacial score (nSPS) is 16.2. The number of thiazole rings is 1. The summed E-state index contributed by atoms with van der Waals surface area (Å²) in [5.74, 6) is 0.617. The first-order chi connectivity index (χ1) is 12.5. The first-order valence-electron chi connectivity index (χ1n) is 8.21. The molecule has 27 heavy (non-hydrogen) atoms.